The van der Waals surface area contributed by atoms with E-state index in [1.54, 1.807) is 0 Å². The predicted octanol–water partition coefficient (Wildman–Crippen LogP) is 2.86. The molecule has 56 heavy (non-hydrogen) atoms. The molecule has 0 radical (unpaired) electrons. The van der Waals surface area contributed by atoms with E-state index in [0.717, 1.165) is 33.4 Å². The number of nitrogens with zero attached hydrogens (tertiary/aromatic N) is 4. The second kappa shape index (κ2) is 22.4. The lowest BCUT2D eigenvalue weighted by atomic mass is 9.93. The molecule has 16 nitrogen and oxygen atoms in total. The second-order valence-electron chi connectivity index (χ2n) is 12.6. The van der Waals surface area contributed by atoms with E-state index in [-0.39, 0.29) is 23.8 Å². The highest BCUT2D eigenvalue weighted by atomic mass is 16.5. The number of aliphatic imine (C=N–C) groups is 4. The molecule has 0 aromatic heterocycles. The summed E-state index contributed by atoms with van der Waals surface area (Å²) in [7, 11) is 0. The summed E-state index contributed by atoms with van der Waals surface area (Å²) in [5, 5.41) is 0. The maximum atomic E-state index is 6.18. The van der Waals surface area contributed by atoms with E-state index in [0.29, 0.717) is 101 Å². The SMILES string of the molecule is NC(N)=NCCCOc1cc(OCCCN=C(N)N)cc(-c2cc(-c3ccccc3)cc(-c3cc(OCCCN=C(N)N)cc(OCCCN=C(N)N)c3)c2)c1. The molecule has 0 heterocycles. The zero-order chi connectivity index (χ0) is 40.1. The van der Waals surface area contributed by atoms with Crippen LogP contribution in [0.4, 0.5) is 0 Å². The number of rotatable bonds is 23. The van der Waals surface area contributed by atoms with Crippen LogP contribution in [0.3, 0.4) is 0 Å². The van der Waals surface area contributed by atoms with Gasteiger partial charge in [-0.05, 0) is 75.8 Å². The Morgan fingerprint density at radius 2 is 0.607 bits per heavy atom. The molecule has 0 saturated heterocycles. The highest BCUT2D eigenvalue weighted by Gasteiger charge is 2.13. The maximum absolute atomic E-state index is 6.18. The summed E-state index contributed by atoms with van der Waals surface area (Å²) >= 11 is 0. The van der Waals surface area contributed by atoms with E-state index in [1.807, 2.05) is 54.6 Å². The van der Waals surface area contributed by atoms with E-state index in [4.69, 9.17) is 64.8 Å². The van der Waals surface area contributed by atoms with Crippen LogP contribution in [0.2, 0.25) is 0 Å². The van der Waals surface area contributed by atoms with Crippen molar-refractivity contribution in [3.05, 3.63) is 84.9 Å². The molecule has 4 aromatic rings. The Labute approximate surface area is 327 Å². The molecule has 0 bridgehead atoms. The molecular weight excluding hydrogens is 713 g/mol. The van der Waals surface area contributed by atoms with Crippen molar-refractivity contribution in [2.45, 2.75) is 25.7 Å². The molecule has 4 rings (SSSR count). The summed E-state index contributed by atoms with van der Waals surface area (Å²) in [6.07, 6.45) is 2.48. The van der Waals surface area contributed by atoms with Gasteiger partial charge in [-0.2, -0.15) is 0 Å². The van der Waals surface area contributed by atoms with Crippen molar-refractivity contribution in [3.8, 4) is 56.4 Å². The third-order valence-electron chi connectivity index (χ3n) is 7.93. The molecule has 16 heteroatoms. The van der Waals surface area contributed by atoms with E-state index in [2.05, 4.69) is 50.3 Å². The van der Waals surface area contributed by atoms with Gasteiger partial charge in [-0.3, -0.25) is 20.0 Å². The summed E-state index contributed by atoms with van der Waals surface area (Å²) in [4.78, 5) is 16.2. The van der Waals surface area contributed by atoms with E-state index in [9.17, 15) is 0 Å². The number of nitrogens with two attached hydrogens (primary N) is 8. The lowest BCUT2D eigenvalue weighted by Gasteiger charge is -2.16. The van der Waals surface area contributed by atoms with Gasteiger partial charge in [0.2, 0.25) is 0 Å². The molecule has 0 unspecified atom stereocenters. The average molecular weight is 767 g/mol. The van der Waals surface area contributed by atoms with Crippen LogP contribution in [0.5, 0.6) is 23.0 Å². The molecule has 0 fully saturated rings. The van der Waals surface area contributed by atoms with Crippen molar-refractivity contribution >= 4 is 23.8 Å². The van der Waals surface area contributed by atoms with Crippen LogP contribution in [-0.2, 0) is 0 Å². The van der Waals surface area contributed by atoms with E-state index in [1.165, 1.54) is 0 Å². The van der Waals surface area contributed by atoms with Crippen molar-refractivity contribution in [3.63, 3.8) is 0 Å². The Bertz CT molecular complexity index is 1750. The topological polar surface area (TPSA) is 295 Å². The molecule has 0 aliphatic rings. The molecule has 0 aliphatic heterocycles. The first kappa shape index (κ1) is 41.9. The van der Waals surface area contributed by atoms with Gasteiger partial charge in [0.15, 0.2) is 23.8 Å². The fourth-order valence-electron chi connectivity index (χ4n) is 5.42. The molecule has 0 aliphatic carbocycles. The van der Waals surface area contributed by atoms with Gasteiger partial charge in [0.05, 0.1) is 26.4 Å². The van der Waals surface area contributed by atoms with Crippen molar-refractivity contribution in [1.29, 1.82) is 0 Å². The largest absolute Gasteiger partial charge is 0.493 e. The first-order valence-electron chi connectivity index (χ1n) is 18.3. The normalized spacial score (nSPS) is 10.5. The predicted molar refractivity (Wildman–Crippen MR) is 226 cm³/mol. The lowest BCUT2D eigenvalue weighted by molar-refractivity contribution is 0.298. The van der Waals surface area contributed by atoms with Gasteiger partial charge in [0, 0.05) is 64.0 Å². The van der Waals surface area contributed by atoms with Crippen molar-refractivity contribution < 1.29 is 18.9 Å². The number of hydrogen-bond donors (Lipinski definition) is 8. The molecule has 4 aromatic carbocycles. The number of benzene rings is 4. The minimum atomic E-state index is 0.0407. The van der Waals surface area contributed by atoms with Gasteiger partial charge < -0.3 is 64.8 Å². The highest BCUT2D eigenvalue weighted by molar-refractivity contribution is 5.83. The Morgan fingerprint density at radius 3 is 0.893 bits per heavy atom. The third kappa shape index (κ3) is 15.3. The molecule has 16 N–H and O–H groups in total. The minimum absolute atomic E-state index is 0.0407. The van der Waals surface area contributed by atoms with Crippen molar-refractivity contribution in [2.24, 2.45) is 65.8 Å². The van der Waals surface area contributed by atoms with Crippen molar-refractivity contribution in [2.75, 3.05) is 52.6 Å². The van der Waals surface area contributed by atoms with Gasteiger partial charge in [0.1, 0.15) is 23.0 Å². The van der Waals surface area contributed by atoms with Crippen LogP contribution in [0, 0.1) is 0 Å². The van der Waals surface area contributed by atoms with Crippen LogP contribution in [0.25, 0.3) is 33.4 Å². The standard InChI is InChI=1S/C40H54N12O4/c41-37(42)49-10-4-14-53-33-21-31(22-34(25-33)54-15-5-11-50-38(43)44)29-18-28(27-8-2-1-3-9-27)19-30(20-29)32-23-35(55-16-6-12-51-39(45)46)26-36(24-32)56-17-7-13-52-40(47)48/h1-3,8-9,18-26H,4-7,10-17H2,(H4,41,42,49)(H4,43,44,50)(H4,45,46,51)(H4,47,48,52). The monoisotopic (exact) mass is 766 g/mol. The average Bonchev–Trinajstić information content (AvgIpc) is 3.17. The second-order valence-corrected chi connectivity index (χ2v) is 12.6. The molecule has 298 valence electrons. The Balaban J connectivity index is 1.75. The fraction of sp³-hybridized carbons (Fsp3) is 0.300. The summed E-state index contributed by atoms with van der Waals surface area (Å²) in [6.45, 7) is 3.36. The van der Waals surface area contributed by atoms with Gasteiger partial charge in [-0.15, -0.1) is 0 Å². The van der Waals surface area contributed by atoms with Crippen LogP contribution >= 0.6 is 0 Å². The van der Waals surface area contributed by atoms with E-state index < -0.39 is 0 Å². The van der Waals surface area contributed by atoms with Crippen LogP contribution < -0.4 is 64.8 Å². The Morgan fingerprint density at radius 1 is 0.339 bits per heavy atom. The van der Waals surface area contributed by atoms with Gasteiger partial charge in [0.25, 0.3) is 0 Å². The van der Waals surface area contributed by atoms with Gasteiger partial charge in [-0.1, -0.05) is 30.3 Å². The molecule has 0 atom stereocenters. The summed E-state index contributed by atoms with van der Waals surface area (Å²) < 4.78 is 24.7. The first-order chi connectivity index (χ1) is 27.0. The molecule has 0 saturated carbocycles. The Kier molecular flexibility index (Phi) is 16.8. The Hall–Kier alpha value is -6.84. The van der Waals surface area contributed by atoms with Crippen molar-refractivity contribution in [1.82, 2.24) is 0 Å². The molecule has 0 amide bonds. The van der Waals surface area contributed by atoms with Gasteiger partial charge in [-0.25, -0.2) is 0 Å². The number of guanidine groups is 4. The number of hydrogen-bond acceptors (Lipinski definition) is 8. The number of ether oxygens (including phenoxy) is 4. The fourth-order valence-corrected chi connectivity index (χ4v) is 5.42. The maximum Gasteiger partial charge on any atom is 0.185 e. The molecular formula is C40H54N12O4. The molecule has 0 spiro atoms. The van der Waals surface area contributed by atoms with Crippen LogP contribution in [-0.4, -0.2) is 76.4 Å². The first-order valence-corrected chi connectivity index (χ1v) is 18.3. The summed E-state index contributed by atoms with van der Waals surface area (Å²) in [6, 6.07) is 28.2. The minimum Gasteiger partial charge on any atom is -0.493 e. The summed E-state index contributed by atoms with van der Waals surface area (Å²) in [5.74, 6) is 2.68. The van der Waals surface area contributed by atoms with Crippen LogP contribution in [0.15, 0.2) is 105 Å². The quantitative estimate of drug-likeness (QED) is 0.0307. The zero-order valence-corrected chi connectivity index (χ0v) is 31.6. The summed E-state index contributed by atoms with van der Waals surface area (Å²) in [5.41, 5.74) is 49.6. The highest BCUT2D eigenvalue weighted by Crippen LogP contribution is 2.38. The van der Waals surface area contributed by atoms with Crippen LogP contribution in [0.1, 0.15) is 25.7 Å². The lowest BCUT2D eigenvalue weighted by Crippen LogP contribution is -2.23. The van der Waals surface area contributed by atoms with Gasteiger partial charge >= 0.3 is 0 Å². The smallest absolute Gasteiger partial charge is 0.185 e. The van der Waals surface area contributed by atoms with E-state index >= 15 is 0 Å². The third-order valence-corrected chi connectivity index (χ3v) is 7.93. The zero-order valence-electron chi connectivity index (χ0n) is 31.6.